The zero-order valence-electron chi connectivity index (χ0n) is 19.5. The van der Waals surface area contributed by atoms with Crippen molar-refractivity contribution < 1.29 is 30.8 Å². The van der Waals surface area contributed by atoms with E-state index >= 15 is 0 Å². The molecule has 0 atom stereocenters. The standard InChI is InChI=1S/C25H22F2N4O5S/c26-22(27)24-29-28-23(36-24)19-3-1-17(2-4-19)15-31(25(32)30-10-13-37(33,34)14-11-30)21-7-5-18(6-8-21)20-9-12-35-16-20/h1-9,12,16,22H,10-11,13-15H2. The lowest BCUT2D eigenvalue weighted by Crippen LogP contribution is -2.49. The number of nitrogens with zero attached hydrogens (tertiary/aromatic N) is 4. The van der Waals surface area contributed by atoms with Crippen LogP contribution in [-0.2, 0) is 16.4 Å². The molecule has 0 spiro atoms. The highest BCUT2D eigenvalue weighted by Crippen LogP contribution is 2.27. The Morgan fingerprint density at radius 1 is 0.946 bits per heavy atom. The van der Waals surface area contributed by atoms with Gasteiger partial charge in [-0.2, -0.15) is 8.78 Å². The molecule has 192 valence electrons. The van der Waals surface area contributed by atoms with E-state index in [2.05, 4.69) is 10.2 Å². The molecule has 2 amide bonds. The first-order valence-electron chi connectivity index (χ1n) is 11.4. The van der Waals surface area contributed by atoms with E-state index in [1.54, 1.807) is 41.7 Å². The molecule has 4 aromatic rings. The van der Waals surface area contributed by atoms with Crippen LogP contribution in [0.15, 0.2) is 76.0 Å². The number of hydrogen-bond donors (Lipinski definition) is 0. The Kier molecular flexibility index (Phi) is 6.74. The Morgan fingerprint density at radius 2 is 1.62 bits per heavy atom. The van der Waals surface area contributed by atoms with Crippen LogP contribution in [0.25, 0.3) is 22.6 Å². The van der Waals surface area contributed by atoms with Crippen LogP contribution in [0.3, 0.4) is 0 Å². The molecule has 12 heteroatoms. The van der Waals surface area contributed by atoms with Crippen LogP contribution >= 0.6 is 0 Å². The summed E-state index contributed by atoms with van der Waals surface area (Å²) in [6, 6.07) is 15.7. The fourth-order valence-electron chi connectivity index (χ4n) is 3.98. The topological polar surface area (TPSA) is 110 Å². The summed E-state index contributed by atoms with van der Waals surface area (Å²) in [7, 11) is -3.15. The number of carbonyl (C=O) groups excluding carboxylic acids is 1. The Labute approximate surface area is 211 Å². The summed E-state index contributed by atoms with van der Waals surface area (Å²) < 4.78 is 59.4. The number of amides is 2. The molecule has 2 aromatic heterocycles. The Bertz CT molecular complexity index is 1460. The lowest BCUT2D eigenvalue weighted by atomic mass is 10.1. The molecule has 1 saturated heterocycles. The average Bonchev–Trinajstić information content (AvgIpc) is 3.61. The maximum Gasteiger partial charge on any atom is 0.324 e. The van der Waals surface area contributed by atoms with Gasteiger partial charge < -0.3 is 13.7 Å². The van der Waals surface area contributed by atoms with Crippen molar-refractivity contribution in [3.05, 3.63) is 78.6 Å². The van der Waals surface area contributed by atoms with E-state index in [1.807, 2.05) is 30.3 Å². The number of alkyl halides is 2. The fourth-order valence-corrected chi connectivity index (χ4v) is 5.18. The monoisotopic (exact) mass is 528 g/mol. The molecule has 1 aliphatic heterocycles. The summed E-state index contributed by atoms with van der Waals surface area (Å²) in [5.74, 6) is -0.936. The van der Waals surface area contributed by atoms with Crippen molar-refractivity contribution in [3.8, 4) is 22.6 Å². The third kappa shape index (κ3) is 5.53. The summed E-state index contributed by atoms with van der Waals surface area (Å²) in [6.45, 7) is 0.431. The average molecular weight is 529 g/mol. The van der Waals surface area contributed by atoms with Gasteiger partial charge in [0, 0.05) is 29.9 Å². The van der Waals surface area contributed by atoms with Crippen molar-refractivity contribution >= 4 is 21.6 Å². The van der Waals surface area contributed by atoms with Crippen LogP contribution < -0.4 is 4.90 Å². The maximum absolute atomic E-state index is 13.5. The molecule has 0 saturated carbocycles. The Hall–Kier alpha value is -4.06. The van der Waals surface area contributed by atoms with Gasteiger partial charge in [-0.25, -0.2) is 13.2 Å². The second-order valence-electron chi connectivity index (χ2n) is 8.51. The normalized spacial score (nSPS) is 15.2. The molecular formula is C25H22F2N4O5S. The molecule has 5 rings (SSSR count). The van der Waals surface area contributed by atoms with E-state index in [1.165, 1.54) is 4.90 Å². The number of hydrogen-bond acceptors (Lipinski definition) is 7. The van der Waals surface area contributed by atoms with Gasteiger partial charge in [0.2, 0.25) is 5.89 Å². The van der Waals surface area contributed by atoms with Crippen LogP contribution in [0, 0.1) is 0 Å². The molecule has 0 N–H and O–H groups in total. The van der Waals surface area contributed by atoms with Gasteiger partial charge in [0.15, 0.2) is 9.84 Å². The molecule has 1 aliphatic rings. The van der Waals surface area contributed by atoms with Gasteiger partial charge in [-0.3, -0.25) is 4.90 Å². The first kappa shape index (κ1) is 24.6. The zero-order valence-corrected chi connectivity index (χ0v) is 20.3. The lowest BCUT2D eigenvalue weighted by molar-refractivity contribution is 0.116. The first-order chi connectivity index (χ1) is 17.8. The summed E-state index contributed by atoms with van der Waals surface area (Å²) in [6.07, 6.45) is 0.349. The number of anilines is 1. The van der Waals surface area contributed by atoms with Gasteiger partial charge in [-0.05, 0) is 41.5 Å². The molecule has 0 bridgehead atoms. The van der Waals surface area contributed by atoms with Crippen molar-refractivity contribution in [2.45, 2.75) is 13.0 Å². The summed E-state index contributed by atoms with van der Waals surface area (Å²) in [4.78, 5) is 16.6. The summed E-state index contributed by atoms with van der Waals surface area (Å²) in [5, 5.41) is 6.99. The van der Waals surface area contributed by atoms with Crippen LogP contribution in [-0.4, -0.2) is 54.1 Å². The van der Waals surface area contributed by atoms with Crippen LogP contribution in [0.5, 0.6) is 0 Å². The molecule has 2 aromatic carbocycles. The minimum Gasteiger partial charge on any atom is -0.472 e. The number of sulfone groups is 1. The van der Waals surface area contributed by atoms with Crippen molar-refractivity contribution in [3.63, 3.8) is 0 Å². The van der Waals surface area contributed by atoms with E-state index in [0.29, 0.717) is 11.3 Å². The number of carbonyl (C=O) groups is 1. The van der Waals surface area contributed by atoms with Gasteiger partial charge in [0.1, 0.15) is 0 Å². The molecule has 3 heterocycles. The van der Waals surface area contributed by atoms with Gasteiger partial charge in [0.25, 0.3) is 5.89 Å². The van der Waals surface area contributed by atoms with E-state index < -0.39 is 22.2 Å². The molecule has 37 heavy (non-hydrogen) atoms. The third-order valence-corrected chi connectivity index (χ3v) is 7.66. The highest BCUT2D eigenvalue weighted by molar-refractivity contribution is 7.91. The van der Waals surface area contributed by atoms with E-state index in [0.717, 1.165) is 16.7 Å². The van der Waals surface area contributed by atoms with Crippen LogP contribution in [0.4, 0.5) is 19.3 Å². The number of furan rings is 1. The van der Waals surface area contributed by atoms with E-state index in [-0.39, 0.29) is 43.1 Å². The van der Waals surface area contributed by atoms with Gasteiger partial charge in [-0.1, -0.05) is 24.3 Å². The number of aromatic nitrogens is 2. The highest BCUT2D eigenvalue weighted by atomic mass is 32.2. The molecule has 0 unspecified atom stereocenters. The molecular weight excluding hydrogens is 506 g/mol. The highest BCUT2D eigenvalue weighted by Gasteiger charge is 2.29. The second kappa shape index (κ2) is 10.1. The summed E-state index contributed by atoms with van der Waals surface area (Å²) >= 11 is 0. The molecule has 0 radical (unpaired) electrons. The molecule has 1 fully saturated rings. The van der Waals surface area contributed by atoms with Gasteiger partial charge in [0.05, 0.1) is 30.6 Å². The predicted molar refractivity (Wildman–Crippen MR) is 131 cm³/mol. The lowest BCUT2D eigenvalue weighted by Gasteiger charge is -2.33. The van der Waals surface area contributed by atoms with E-state index in [4.69, 9.17) is 8.83 Å². The maximum atomic E-state index is 13.5. The van der Waals surface area contributed by atoms with Crippen molar-refractivity contribution in [2.24, 2.45) is 0 Å². The predicted octanol–water partition coefficient (Wildman–Crippen LogP) is 4.79. The number of halogens is 2. The first-order valence-corrected chi connectivity index (χ1v) is 13.2. The Morgan fingerprint density at radius 3 is 2.22 bits per heavy atom. The SMILES string of the molecule is O=C(N1CCS(=O)(=O)CC1)N(Cc1ccc(-c2nnc(C(F)F)o2)cc1)c1ccc(-c2ccoc2)cc1. The number of urea groups is 1. The number of benzene rings is 2. The van der Waals surface area contributed by atoms with Crippen molar-refractivity contribution in [1.29, 1.82) is 0 Å². The fraction of sp³-hybridized carbons (Fsp3) is 0.240. The third-order valence-electron chi connectivity index (χ3n) is 6.05. The minimum atomic E-state index is -3.15. The molecule has 0 aliphatic carbocycles. The Balaban J connectivity index is 1.39. The minimum absolute atomic E-state index is 0.0286. The van der Waals surface area contributed by atoms with Gasteiger partial charge in [-0.15, -0.1) is 10.2 Å². The van der Waals surface area contributed by atoms with Crippen LogP contribution in [0.2, 0.25) is 0 Å². The largest absolute Gasteiger partial charge is 0.472 e. The number of rotatable bonds is 6. The van der Waals surface area contributed by atoms with Crippen molar-refractivity contribution in [2.75, 3.05) is 29.5 Å². The summed E-state index contributed by atoms with van der Waals surface area (Å²) in [5.41, 5.74) is 3.67. The smallest absolute Gasteiger partial charge is 0.324 e. The van der Waals surface area contributed by atoms with Crippen LogP contribution in [0.1, 0.15) is 17.9 Å². The zero-order chi connectivity index (χ0) is 26.0. The second-order valence-corrected chi connectivity index (χ2v) is 10.8. The van der Waals surface area contributed by atoms with Gasteiger partial charge >= 0.3 is 12.5 Å². The molecule has 9 nitrogen and oxygen atoms in total. The van der Waals surface area contributed by atoms with E-state index in [9.17, 15) is 22.0 Å². The van der Waals surface area contributed by atoms with Crippen molar-refractivity contribution in [1.82, 2.24) is 15.1 Å². The quantitative estimate of drug-likeness (QED) is 0.354.